The molecule has 2 aliphatic rings. The van der Waals surface area contributed by atoms with Gasteiger partial charge >= 0.3 is 6.03 Å². The molecule has 4 heterocycles. The summed E-state index contributed by atoms with van der Waals surface area (Å²) < 4.78 is 57.8. The molecule has 48 heavy (non-hydrogen) atoms. The number of amides is 2. The minimum Gasteiger partial charge on any atom is -0.347 e. The third-order valence-corrected chi connectivity index (χ3v) is 10.6. The van der Waals surface area contributed by atoms with Crippen molar-refractivity contribution in [3.8, 4) is 0 Å². The summed E-state index contributed by atoms with van der Waals surface area (Å²) in [5.74, 6) is -1.29. The van der Waals surface area contributed by atoms with Crippen LogP contribution in [0.3, 0.4) is 0 Å². The largest absolute Gasteiger partial charge is 0.347 e. The number of nitrogens with one attached hydrogen (secondary N) is 3. The molecular formula is C31H37N7O8S2. The van der Waals surface area contributed by atoms with Crippen LogP contribution in [0.5, 0.6) is 0 Å². The predicted molar refractivity (Wildman–Crippen MR) is 174 cm³/mol. The third kappa shape index (κ3) is 8.91. The molecule has 0 saturated carbocycles. The van der Waals surface area contributed by atoms with Gasteiger partial charge in [-0.1, -0.05) is 79.7 Å². The fraction of sp³-hybridized carbons (Fsp3) is 0.387. The minimum absolute atomic E-state index is 0.0144. The number of aromatic nitrogens is 5. The van der Waals surface area contributed by atoms with Gasteiger partial charge < -0.3 is 10.6 Å². The van der Waals surface area contributed by atoms with Gasteiger partial charge in [0.05, 0.1) is 36.1 Å². The molecule has 0 fully saturated rings. The summed E-state index contributed by atoms with van der Waals surface area (Å²) >= 11 is 0. The van der Waals surface area contributed by atoms with Gasteiger partial charge in [-0.2, -0.15) is 26.6 Å². The van der Waals surface area contributed by atoms with E-state index in [0.29, 0.717) is 42.3 Å². The van der Waals surface area contributed by atoms with Crippen molar-refractivity contribution < 1.29 is 34.8 Å². The number of fused-ring (bicyclic) bond motifs is 2. The van der Waals surface area contributed by atoms with E-state index in [1.54, 1.807) is 13.8 Å². The lowest BCUT2D eigenvalue weighted by Crippen LogP contribution is -2.31. The average Bonchev–Trinajstić information content (AvgIpc) is 3.67. The molecule has 2 atom stereocenters. The normalized spacial score (nSPS) is 19.8. The molecule has 256 valence electrons. The molecule has 3 N–H and O–H groups in total. The van der Waals surface area contributed by atoms with Crippen LogP contribution in [0.15, 0.2) is 60.7 Å². The van der Waals surface area contributed by atoms with Gasteiger partial charge in [-0.25, -0.2) is 4.79 Å². The van der Waals surface area contributed by atoms with Crippen molar-refractivity contribution in [1.82, 2.24) is 35.8 Å². The summed E-state index contributed by atoms with van der Waals surface area (Å²) in [5.41, 5.74) is 4.79. The minimum atomic E-state index is -3.57. The molecule has 17 heteroatoms. The summed E-state index contributed by atoms with van der Waals surface area (Å²) in [6.07, 6.45) is 0.578. The Morgan fingerprint density at radius 2 is 1.40 bits per heavy atom. The van der Waals surface area contributed by atoms with Gasteiger partial charge in [0.1, 0.15) is 0 Å². The number of benzene rings is 2. The van der Waals surface area contributed by atoms with Gasteiger partial charge in [-0.3, -0.25) is 18.3 Å². The maximum Gasteiger partial charge on any atom is 0.344 e. The topological polar surface area (TPSA) is 204 Å². The second-order valence-electron chi connectivity index (χ2n) is 11.5. The molecule has 6 rings (SSSR count). The van der Waals surface area contributed by atoms with Gasteiger partial charge in [0, 0.05) is 49.0 Å². The number of hydrogen-bond donors (Lipinski definition) is 3. The van der Waals surface area contributed by atoms with Crippen molar-refractivity contribution >= 4 is 32.2 Å². The van der Waals surface area contributed by atoms with Crippen molar-refractivity contribution in [3.05, 3.63) is 100 Å². The molecule has 2 amide bonds. The first kappa shape index (κ1) is 34.9. The molecule has 15 nitrogen and oxygen atoms in total. The van der Waals surface area contributed by atoms with E-state index in [1.807, 2.05) is 60.7 Å². The van der Waals surface area contributed by atoms with E-state index in [2.05, 4.69) is 31.1 Å². The number of rotatable bonds is 5. The van der Waals surface area contributed by atoms with Crippen LogP contribution >= 0.6 is 0 Å². The summed E-state index contributed by atoms with van der Waals surface area (Å²) in [6.45, 7) is 4.26. The van der Waals surface area contributed by atoms with E-state index >= 15 is 0 Å². The molecule has 2 unspecified atom stereocenters. The van der Waals surface area contributed by atoms with Gasteiger partial charge in [0.15, 0.2) is 5.69 Å². The van der Waals surface area contributed by atoms with Crippen LogP contribution in [-0.4, -0.2) is 78.7 Å². The summed E-state index contributed by atoms with van der Waals surface area (Å²) in [4.78, 5) is 24.8. The van der Waals surface area contributed by atoms with Gasteiger partial charge in [-0.15, -0.1) is 5.10 Å². The Bertz CT molecular complexity index is 1800. The molecule has 0 bridgehead atoms. The van der Waals surface area contributed by atoms with Crippen molar-refractivity contribution in [1.29, 1.82) is 0 Å². The van der Waals surface area contributed by atoms with E-state index < -0.39 is 26.3 Å². The second-order valence-corrected chi connectivity index (χ2v) is 14.9. The maximum absolute atomic E-state index is 12.4. The van der Waals surface area contributed by atoms with Crippen LogP contribution in [0.25, 0.3) is 0 Å². The van der Waals surface area contributed by atoms with Crippen LogP contribution in [0.1, 0.15) is 69.9 Å². The Hall–Kier alpha value is -4.45. The highest BCUT2D eigenvalue weighted by molar-refractivity contribution is 7.87. The van der Waals surface area contributed by atoms with Crippen LogP contribution in [-0.2, 0) is 54.5 Å². The van der Waals surface area contributed by atoms with Crippen LogP contribution in [0.4, 0.5) is 4.79 Å². The number of nitrogens with zero attached hydrogens (tertiary/aromatic N) is 4. The summed E-state index contributed by atoms with van der Waals surface area (Å²) in [5, 5.41) is 20.5. The Morgan fingerprint density at radius 3 is 2.02 bits per heavy atom. The van der Waals surface area contributed by atoms with E-state index in [4.69, 9.17) is 8.37 Å². The van der Waals surface area contributed by atoms with Crippen molar-refractivity contribution in [2.45, 2.75) is 51.6 Å². The van der Waals surface area contributed by atoms with Crippen LogP contribution < -0.4 is 10.6 Å². The molecule has 4 aromatic rings. The smallest absolute Gasteiger partial charge is 0.344 e. The SMILES string of the molecule is CC1CS(=O)(=O)OCCc2c(C(=O)NCc3ccccc3)n[nH]c21.CC1CS(=O)(=O)OCCc2c1nnn2C(=O)NCc1ccccc1. The molecular weight excluding hydrogens is 663 g/mol. The number of H-pyrrole nitrogens is 1. The van der Waals surface area contributed by atoms with E-state index in [-0.39, 0.29) is 48.9 Å². The third-order valence-electron chi connectivity index (χ3n) is 7.77. The first-order valence-electron chi connectivity index (χ1n) is 15.3. The number of carbonyl (C=O) groups excluding carboxylic acids is 2. The van der Waals surface area contributed by atoms with Crippen LogP contribution in [0.2, 0.25) is 0 Å². The Kier molecular flexibility index (Phi) is 11.0. The Labute approximate surface area is 278 Å². The maximum atomic E-state index is 12.4. The van der Waals surface area contributed by atoms with E-state index in [1.165, 1.54) is 4.68 Å². The highest BCUT2D eigenvalue weighted by Gasteiger charge is 2.30. The highest BCUT2D eigenvalue weighted by atomic mass is 32.2. The lowest BCUT2D eigenvalue weighted by molar-refractivity contribution is 0.0944. The lowest BCUT2D eigenvalue weighted by Gasteiger charge is -2.16. The molecule has 0 spiro atoms. The van der Waals surface area contributed by atoms with Gasteiger partial charge in [0.25, 0.3) is 26.1 Å². The van der Waals surface area contributed by atoms with Crippen molar-refractivity contribution in [3.63, 3.8) is 0 Å². The van der Waals surface area contributed by atoms with E-state index in [0.717, 1.165) is 16.7 Å². The molecule has 2 aliphatic heterocycles. The second kappa shape index (κ2) is 15.2. The molecule has 2 aromatic carbocycles. The molecule has 0 aliphatic carbocycles. The number of hydrogen-bond acceptors (Lipinski definition) is 11. The monoisotopic (exact) mass is 699 g/mol. The van der Waals surface area contributed by atoms with Gasteiger partial charge in [0.2, 0.25) is 0 Å². The first-order chi connectivity index (χ1) is 22.9. The van der Waals surface area contributed by atoms with Crippen molar-refractivity contribution in [2.24, 2.45) is 0 Å². The molecule has 0 saturated heterocycles. The Balaban J connectivity index is 0.000000188. The fourth-order valence-electron chi connectivity index (χ4n) is 5.44. The molecule has 0 radical (unpaired) electrons. The number of carbonyl (C=O) groups is 2. The fourth-order valence-corrected chi connectivity index (χ4v) is 7.85. The van der Waals surface area contributed by atoms with Gasteiger partial charge in [-0.05, 0) is 11.1 Å². The standard InChI is InChI=1S/C16H19N3O4S.C15H18N4O4S/c1-11-10-24(21,22)23-8-7-13-14(11)18-19-15(13)16(20)17-9-12-5-3-2-4-6-12;1-11-10-24(21,22)23-8-7-13-14(11)17-18-19(13)15(20)16-9-12-5-3-2-4-6-12/h2-6,11H,7-10H2,1H3,(H,17,20)(H,18,19);2-6,11H,7-10H2,1H3,(H,16,20). The Morgan fingerprint density at radius 1 is 0.833 bits per heavy atom. The van der Waals surface area contributed by atoms with E-state index in [9.17, 15) is 26.4 Å². The first-order valence-corrected chi connectivity index (χ1v) is 18.5. The average molecular weight is 700 g/mol. The summed E-state index contributed by atoms with van der Waals surface area (Å²) in [7, 11) is -7.11. The zero-order chi connectivity index (χ0) is 34.3. The predicted octanol–water partition coefficient (Wildman–Crippen LogP) is 2.39. The summed E-state index contributed by atoms with van der Waals surface area (Å²) in [6, 6.07) is 18.7. The lowest BCUT2D eigenvalue weighted by atomic mass is 10.0. The number of aromatic amines is 1. The molecule has 2 aromatic heterocycles. The van der Waals surface area contributed by atoms with Crippen molar-refractivity contribution in [2.75, 3.05) is 24.7 Å². The van der Waals surface area contributed by atoms with Crippen LogP contribution in [0, 0.1) is 0 Å². The zero-order valence-electron chi connectivity index (χ0n) is 26.5. The highest BCUT2D eigenvalue weighted by Crippen LogP contribution is 2.26. The zero-order valence-corrected chi connectivity index (χ0v) is 28.1. The quantitative estimate of drug-likeness (QED) is 0.258.